The van der Waals surface area contributed by atoms with Gasteiger partial charge in [0.1, 0.15) is 0 Å². The first-order valence-electron chi connectivity index (χ1n) is 6.61. The third kappa shape index (κ3) is 11.4. The number of aliphatic hydroxyl groups excluding tert-OH is 1. The zero-order chi connectivity index (χ0) is 13.1. The Labute approximate surface area is 107 Å². The smallest absolute Gasteiger partial charge is 0.0465 e. The largest absolute Gasteiger partial charge is 0.396 e. The summed E-state index contributed by atoms with van der Waals surface area (Å²) in [5, 5.41) is 8.71. The lowest BCUT2D eigenvalue weighted by atomic mass is 10.1. The quantitative estimate of drug-likeness (QED) is 0.601. The SMILES string of the molecule is CC(C)=CCCC(C)=CCC/C(C)=C/CCO. The van der Waals surface area contributed by atoms with Gasteiger partial charge in [-0.05, 0) is 59.8 Å². The molecule has 0 saturated heterocycles. The zero-order valence-corrected chi connectivity index (χ0v) is 11.9. The number of allylic oxidation sites excluding steroid dienone is 5. The molecular formula is C16H28O. The van der Waals surface area contributed by atoms with E-state index < -0.39 is 0 Å². The fourth-order valence-electron chi connectivity index (χ4n) is 1.65. The summed E-state index contributed by atoms with van der Waals surface area (Å²) in [4.78, 5) is 0. The summed E-state index contributed by atoms with van der Waals surface area (Å²) in [5.74, 6) is 0. The van der Waals surface area contributed by atoms with Gasteiger partial charge in [-0.15, -0.1) is 0 Å². The molecule has 1 heteroatoms. The van der Waals surface area contributed by atoms with Crippen LogP contribution in [0.2, 0.25) is 0 Å². The average molecular weight is 236 g/mol. The van der Waals surface area contributed by atoms with Crippen molar-refractivity contribution in [1.29, 1.82) is 0 Å². The highest BCUT2D eigenvalue weighted by atomic mass is 16.2. The molecule has 0 rings (SSSR count). The van der Waals surface area contributed by atoms with Crippen molar-refractivity contribution in [3.63, 3.8) is 0 Å². The topological polar surface area (TPSA) is 20.2 Å². The molecule has 98 valence electrons. The van der Waals surface area contributed by atoms with E-state index in [1.54, 1.807) is 0 Å². The van der Waals surface area contributed by atoms with E-state index in [-0.39, 0.29) is 6.61 Å². The maximum atomic E-state index is 8.71. The number of hydrogen-bond donors (Lipinski definition) is 1. The van der Waals surface area contributed by atoms with Crippen molar-refractivity contribution in [3.8, 4) is 0 Å². The molecule has 17 heavy (non-hydrogen) atoms. The molecular weight excluding hydrogens is 208 g/mol. The summed E-state index contributed by atoms with van der Waals surface area (Å²) in [6, 6.07) is 0. The highest BCUT2D eigenvalue weighted by Crippen LogP contribution is 2.11. The summed E-state index contributed by atoms with van der Waals surface area (Å²) < 4.78 is 0. The van der Waals surface area contributed by atoms with Crippen LogP contribution < -0.4 is 0 Å². The molecule has 0 heterocycles. The minimum absolute atomic E-state index is 0.259. The lowest BCUT2D eigenvalue weighted by Crippen LogP contribution is -1.82. The zero-order valence-electron chi connectivity index (χ0n) is 11.9. The summed E-state index contributed by atoms with van der Waals surface area (Å²) in [6.07, 6.45) is 12.1. The fourth-order valence-corrected chi connectivity index (χ4v) is 1.65. The van der Waals surface area contributed by atoms with E-state index in [0.29, 0.717) is 0 Å². The Bertz CT molecular complexity index is 278. The molecule has 0 aliphatic carbocycles. The summed E-state index contributed by atoms with van der Waals surface area (Å²) in [7, 11) is 0. The van der Waals surface area contributed by atoms with Gasteiger partial charge >= 0.3 is 0 Å². The van der Waals surface area contributed by atoms with Crippen LogP contribution >= 0.6 is 0 Å². The Morgan fingerprint density at radius 2 is 1.24 bits per heavy atom. The van der Waals surface area contributed by atoms with Gasteiger partial charge in [0.2, 0.25) is 0 Å². The van der Waals surface area contributed by atoms with Gasteiger partial charge in [0.25, 0.3) is 0 Å². The minimum Gasteiger partial charge on any atom is -0.396 e. The van der Waals surface area contributed by atoms with Gasteiger partial charge in [0.15, 0.2) is 0 Å². The monoisotopic (exact) mass is 236 g/mol. The van der Waals surface area contributed by atoms with E-state index in [1.165, 1.54) is 23.1 Å². The van der Waals surface area contributed by atoms with Crippen LogP contribution in [-0.4, -0.2) is 11.7 Å². The van der Waals surface area contributed by atoms with E-state index in [0.717, 1.165) is 25.7 Å². The molecule has 0 aromatic heterocycles. The normalized spacial score (nSPS) is 12.8. The standard InChI is InChI=1S/C16H28O/c1-14(2)8-5-9-15(3)10-6-11-16(4)12-7-13-17/h8,10,12,17H,5-7,9,11,13H2,1-4H3/b15-10?,16-12+. The first kappa shape index (κ1) is 16.2. The highest BCUT2D eigenvalue weighted by Gasteiger charge is 1.91. The number of hydrogen-bond acceptors (Lipinski definition) is 1. The van der Waals surface area contributed by atoms with Crippen LogP contribution in [0.25, 0.3) is 0 Å². The van der Waals surface area contributed by atoms with Gasteiger partial charge in [-0.1, -0.05) is 34.9 Å². The van der Waals surface area contributed by atoms with Crippen LogP contribution in [0.5, 0.6) is 0 Å². The summed E-state index contributed by atoms with van der Waals surface area (Å²) in [6.45, 7) is 8.91. The van der Waals surface area contributed by atoms with Crippen LogP contribution in [0.3, 0.4) is 0 Å². The van der Waals surface area contributed by atoms with Gasteiger partial charge in [0, 0.05) is 6.61 Å². The van der Waals surface area contributed by atoms with Crippen molar-refractivity contribution in [1.82, 2.24) is 0 Å². The van der Waals surface area contributed by atoms with Crippen molar-refractivity contribution in [3.05, 3.63) is 34.9 Å². The van der Waals surface area contributed by atoms with Gasteiger partial charge in [-0.3, -0.25) is 0 Å². The number of rotatable bonds is 8. The van der Waals surface area contributed by atoms with Crippen LogP contribution in [0.1, 0.15) is 59.8 Å². The third-order valence-electron chi connectivity index (χ3n) is 2.74. The van der Waals surface area contributed by atoms with E-state index in [9.17, 15) is 0 Å². The average Bonchev–Trinajstić information content (AvgIpc) is 2.25. The Hall–Kier alpha value is -0.820. The van der Waals surface area contributed by atoms with Gasteiger partial charge in [0.05, 0.1) is 0 Å². The molecule has 0 aromatic rings. The predicted molar refractivity (Wildman–Crippen MR) is 77.1 cm³/mol. The van der Waals surface area contributed by atoms with Crippen molar-refractivity contribution in [2.75, 3.05) is 6.61 Å². The number of aliphatic hydroxyl groups is 1. The first-order chi connectivity index (χ1) is 8.06. The second kappa shape index (κ2) is 10.3. The lowest BCUT2D eigenvalue weighted by Gasteiger charge is -2.01. The molecule has 0 aliphatic heterocycles. The summed E-state index contributed by atoms with van der Waals surface area (Å²) >= 11 is 0. The van der Waals surface area contributed by atoms with E-state index >= 15 is 0 Å². The van der Waals surface area contributed by atoms with Gasteiger partial charge < -0.3 is 5.11 Å². The Kier molecular flexibility index (Phi) is 9.84. The van der Waals surface area contributed by atoms with Crippen molar-refractivity contribution < 1.29 is 5.11 Å². The van der Waals surface area contributed by atoms with E-state index in [2.05, 4.69) is 45.9 Å². The first-order valence-corrected chi connectivity index (χ1v) is 6.61. The molecule has 0 aliphatic rings. The maximum absolute atomic E-state index is 8.71. The molecule has 0 unspecified atom stereocenters. The summed E-state index contributed by atoms with van der Waals surface area (Å²) in [5.41, 5.74) is 4.27. The molecule has 0 bridgehead atoms. The van der Waals surface area contributed by atoms with Crippen LogP contribution in [0, 0.1) is 0 Å². The van der Waals surface area contributed by atoms with Gasteiger partial charge in [-0.25, -0.2) is 0 Å². The minimum atomic E-state index is 0.259. The van der Waals surface area contributed by atoms with E-state index in [4.69, 9.17) is 5.11 Å². The molecule has 1 N–H and O–H groups in total. The predicted octanol–water partition coefficient (Wildman–Crippen LogP) is 4.79. The van der Waals surface area contributed by atoms with Crippen molar-refractivity contribution >= 4 is 0 Å². The Morgan fingerprint density at radius 1 is 0.765 bits per heavy atom. The molecule has 0 spiro atoms. The molecule has 1 nitrogen and oxygen atoms in total. The van der Waals surface area contributed by atoms with Crippen LogP contribution in [0.4, 0.5) is 0 Å². The third-order valence-corrected chi connectivity index (χ3v) is 2.74. The molecule has 0 fully saturated rings. The maximum Gasteiger partial charge on any atom is 0.0465 e. The van der Waals surface area contributed by atoms with Gasteiger partial charge in [-0.2, -0.15) is 0 Å². The molecule has 0 saturated carbocycles. The Morgan fingerprint density at radius 3 is 1.71 bits per heavy atom. The second-order valence-corrected chi connectivity index (χ2v) is 4.97. The molecule has 0 radical (unpaired) electrons. The molecule has 0 amide bonds. The molecule has 0 atom stereocenters. The van der Waals surface area contributed by atoms with Crippen molar-refractivity contribution in [2.24, 2.45) is 0 Å². The Balaban J connectivity index is 3.80. The fraction of sp³-hybridized carbons (Fsp3) is 0.625. The molecule has 0 aromatic carbocycles. The lowest BCUT2D eigenvalue weighted by molar-refractivity contribution is 0.302. The van der Waals surface area contributed by atoms with Crippen LogP contribution in [-0.2, 0) is 0 Å². The van der Waals surface area contributed by atoms with Crippen molar-refractivity contribution in [2.45, 2.75) is 59.8 Å². The second-order valence-electron chi connectivity index (χ2n) is 4.97. The highest BCUT2D eigenvalue weighted by molar-refractivity contribution is 5.05. The van der Waals surface area contributed by atoms with Crippen LogP contribution in [0.15, 0.2) is 34.9 Å². The van der Waals surface area contributed by atoms with E-state index in [1.807, 2.05) is 0 Å².